The van der Waals surface area contributed by atoms with Crippen molar-refractivity contribution in [2.24, 2.45) is 11.8 Å². The van der Waals surface area contributed by atoms with Crippen molar-refractivity contribution in [3.63, 3.8) is 0 Å². The third-order valence-corrected chi connectivity index (χ3v) is 9.83. The van der Waals surface area contributed by atoms with Crippen molar-refractivity contribution in [3.05, 3.63) is 76.7 Å². The maximum Gasteiger partial charge on any atom is 0.213 e. The first-order valence-electron chi connectivity index (χ1n) is 12.7. The van der Waals surface area contributed by atoms with Crippen molar-refractivity contribution in [2.45, 2.75) is 51.7 Å². The number of aromatic nitrogens is 1. The van der Waals surface area contributed by atoms with Crippen LogP contribution < -0.4 is 9.47 Å². The lowest BCUT2D eigenvalue weighted by molar-refractivity contribution is 0.182. The summed E-state index contributed by atoms with van der Waals surface area (Å²) in [7, 11) is -2.94. The summed E-state index contributed by atoms with van der Waals surface area (Å²) in [6, 6.07) is 13.2. The number of hydrogen-bond donors (Lipinski definition) is 0. The van der Waals surface area contributed by atoms with Crippen LogP contribution in [0.4, 0.5) is 4.39 Å². The number of benzene rings is 2. The van der Waals surface area contributed by atoms with Gasteiger partial charge in [-0.3, -0.25) is 0 Å². The largest absolute Gasteiger partial charge is 0.489 e. The molecule has 1 aliphatic heterocycles. The summed E-state index contributed by atoms with van der Waals surface area (Å²) in [5, 5.41) is 0. The molecule has 5 nitrogen and oxygen atoms in total. The molecule has 36 heavy (non-hydrogen) atoms. The highest BCUT2D eigenvalue weighted by Gasteiger charge is 2.52. The van der Waals surface area contributed by atoms with Gasteiger partial charge in [0.2, 0.25) is 5.88 Å². The highest BCUT2D eigenvalue weighted by molar-refractivity contribution is 7.91. The summed E-state index contributed by atoms with van der Waals surface area (Å²) >= 11 is 0. The van der Waals surface area contributed by atoms with Gasteiger partial charge in [0, 0.05) is 23.4 Å². The molecule has 0 unspecified atom stereocenters. The zero-order valence-corrected chi connectivity index (χ0v) is 21.4. The van der Waals surface area contributed by atoms with Crippen LogP contribution >= 0.6 is 0 Å². The topological polar surface area (TPSA) is 65.5 Å². The molecule has 0 spiro atoms. The Bertz CT molecular complexity index is 1420. The Kier molecular flexibility index (Phi) is 5.78. The molecule has 2 aliphatic carbocycles. The van der Waals surface area contributed by atoms with Crippen molar-refractivity contribution >= 4 is 9.84 Å². The van der Waals surface area contributed by atoms with Crippen LogP contribution in [0.15, 0.2) is 48.7 Å². The Morgan fingerprint density at radius 1 is 1.08 bits per heavy atom. The van der Waals surface area contributed by atoms with E-state index in [0.717, 1.165) is 46.6 Å². The normalized spacial score (nSPS) is 24.1. The van der Waals surface area contributed by atoms with Crippen LogP contribution in [0.5, 0.6) is 11.6 Å². The van der Waals surface area contributed by atoms with Crippen LogP contribution in [0.1, 0.15) is 47.9 Å². The zero-order chi connectivity index (χ0) is 25.0. The second kappa shape index (κ2) is 8.87. The summed E-state index contributed by atoms with van der Waals surface area (Å²) in [5.41, 5.74) is 6.02. The van der Waals surface area contributed by atoms with Crippen molar-refractivity contribution in [1.29, 1.82) is 0 Å². The van der Waals surface area contributed by atoms with Crippen LogP contribution in [0, 0.1) is 24.6 Å². The Morgan fingerprint density at radius 3 is 2.67 bits per heavy atom. The van der Waals surface area contributed by atoms with E-state index in [2.05, 4.69) is 24.0 Å². The zero-order valence-electron chi connectivity index (χ0n) is 20.5. The number of aryl methyl sites for hydroxylation is 1. The van der Waals surface area contributed by atoms with E-state index in [1.54, 1.807) is 12.3 Å². The maximum atomic E-state index is 14.6. The van der Waals surface area contributed by atoms with E-state index in [1.807, 2.05) is 25.1 Å². The molecule has 3 aromatic rings. The van der Waals surface area contributed by atoms with Crippen molar-refractivity contribution in [3.8, 4) is 22.8 Å². The molecule has 1 saturated carbocycles. The number of halogens is 1. The van der Waals surface area contributed by atoms with Gasteiger partial charge in [-0.05, 0) is 90.5 Å². The van der Waals surface area contributed by atoms with E-state index < -0.39 is 9.84 Å². The number of pyridine rings is 1. The molecule has 6 rings (SSSR count). The molecule has 7 heteroatoms. The van der Waals surface area contributed by atoms with Crippen molar-refractivity contribution < 1.29 is 22.3 Å². The second-order valence-electron chi connectivity index (χ2n) is 10.5. The Labute approximate surface area is 211 Å². The summed E-state index contributed by atoms with van der Waals surface area (Å²) in [5.74, 6) is 3.57. The maximum absolute atomic E-state index is 14.6. The fourth-order valence-electron chi connectivity index (χ4n) is 5.87. The molecule has 1 saturated heterocycles. The number of rotatable bonds is 6. The smallest absolute Gasteiger partial charge is 0.213 e. The van der Waals surface area contributed by atoms with Gasteiger partial charge < -0.3 is 9.47 Å². The number of ether oxygens (including phenoxy) is 2. The first-order valence-corrected chi connectivity index (χ1v) is 14.5. The molecule has 0 bridgehead atoms. The first-order chi connectivity index (χ1) is 17.3. The van der Waals surface area contributed by atoms with E-state index in [0.29, 0.717) is 24.3 Å². The highest BCUT2D eigenvalue weighted by Crippen LogP contribution is 2.61. The average Bonchev–Trinajstić information content (AvgIpc) is 3.30. The van der Waals surface area contributed by atoms with Crippen LogP contribution in [0.25, 0.3) is 11.1 Å². The molecule has 0 N–H and O–H groups in total. The molecule has 2 heterocycles. The van der Waals surface area contributed by atoms with E-state index >= 15 is 0 Å². The third-order valence-electron chi connectivity index (χ3n) is 8.12. The number of hydrogen-bond acceptors (Lipinski definition) is 5. The van der Waals surface area contributed by atoms with Gasteiger partial charge in [-0.15, -0.1) is 0 Å². The predicted molar refractivity (Wildman–Crippen MR) is 137 cm³/mol. The van der Waals surface area contributed by atoms with Gasteiger partial charge in [-0.1, -0.05) is 19.1 Å². The van der Waals surface area contributed by atoms with Gasteiger partial charge in [0.15, 0.2) is 9.84 Å². The first kappa shape index (κ1) is 23.5. The van der Waals surface area contributed by atoms with Crippen LogP contribution in [-0.4, -0.2) is 31.0 Å². The lowest BCUT2D eigenvalue weighted by Gasteiger charge is -2.23. The fourth-order valence-corrected chi connectivity index (χ4v) is 7.32. The highest BCUT2D eigenvalue weighted by atomic mass is 32.2. The van der Waals surface area contributed by atoms with Gasteiger partial charge in [0.25, 0.3) is 0 Å². The molecule has 0 radical (unpaired) electrons. The van der Waals surface area contributed by atoms with Gasteiger partial charge in [0.05, 0.1) is 11.5 Å². The lowest BCUT2D eigenvalue weighted by Crippen LogP contribution is -2.30. The summed E-state index contributed by atoms with van der Waals surface area (Å²) in [6.45, 7) is 4.44. The summed E-state index contributed by atoms with van der Waals surface area (Å²) < 4.78 is 49.9. The molecule has 2 aromatic carbocycles. The number of sulfone groups is 1. The van der Waals surface area contributed by atoms with E-state index in [-0.39, 0.29) is 30.0 Å². The average molecular weight is 508 g/mol. The van der Waals surface area contributed by atoms with Gasteiger partial charge in [-0.25, -0.2) is 17.8 Å². The monoisotopic (exact) mass is 507 g/mol. The minimum absolute atomic E-state index is 0.144. The van der Waals surface area contributed by atoms with Crippen LogP contribution in [0.3, 0.4) is 0 Å². The Balaban J connectivity index is 1.14. The van der Waals surface area contributed by atoms with E-state index in [9.17, 15) is 12.8 Å². The van der Waals surface area contributed by atoms with E-state index in [4.69, 9.17) is 9.47 Å². The standard InChI is InChI=1S/C29H30FNO4S/c1-17-11-28(35-22-7-9-36(32,33)10-8-22)31-15-26(17)19-3-6-27(30)21(12-19)16-34-23-4-5-24-20(13-23)14-25-18(2)29(24)25/h3-6,11-13,15,18,22,25,29H,7-10,14,16H2,1-2H3/t18-,25-,29-/m0/s1. The van der Waals surface area contributed by atoms with Crippen LogP contribution in [0.2, 0.25) is 0 Å². The second-order valence-corrected chi connectivity index (χ2v) is 12.8. The minimum Gasteiger partial charge on any atom is -0.489 e. The predicted octanol–water partition coefficient (Wildman–Crippen LogP) is 5.64. The molecule has 3 atom stereocenters. The summed E-state index contributed by atoms with van der Waals surface area (Å²) in [4.78, 5) is 4.44. The fraction of sp³-hybridized carbons (Fsp3) is 0.414. The summed E-state index contributed by atoms with van der Waals surface area (Å²) in [6.07, 6.45) is 3.67. The van der Waals surface area contributed by atoms with Gasteiger partial charge in [0.1, 0.15) is 24.3 Å². The molecular formula is C29H30FNO4S. The SMILES string of the molecule is Cc1cc(OC2CCS(=O)(=O)CC2)ncc1-c1ccc(F)c(COc2ccc3c(c2)C[C@H]2[C@H](C)[C@@H]32)c1. The van der Waals surface area contributed by atoms with Gasteiger partial charge >= 0.3 is 0 Å². The van der Waals surface area contributed by atoms with E-state index in [1.165, 1.54) is 17.2 Å². The molecule has 0 amide bonds. The molecule has 1 aromatic heterocycles. The third kappa shape index (κ3) is 4.49. The number of fused-ring (bicyclic) bond motifs is 3. The molecule has 2 fully saturated rings. The lowest BCUT2D eigenvalue weighted by atomic mass is 10.0. The van der Waals surface area contributed by atoms with Gasteiger partial charge in [-0.2, -0.15) is 0 Å². The Morgan fingerprint density at radius 2 is 1.89 bits per heavy atom. The molecular weight excluding hydrogens is 477 g/mol. The number of nitrogens with zero attached hydrogens (tertiary/aromatic N) is 1. The molecule has 3 aliphatic rings. The van der Waals surface area contributed by atoms with Crippen molar-refractivity contribution in [1.82, 2.24) is 4.98 Å². The van der Waals surface area contributed by atoms with Crippen LogP contribution in [-0.2, 0) is 22.9 Å². The minimum atomic E-state index is -2.94. The quantitative estimate of drug-likeness (QED) is 0.432. The van der Waals surface area contributed by atoms with Crippen molar-refractivity contribution in [2.75, 3.05) is 11.5 Å². The Hall–Kier alpha value is -2.93. The molecule has 188 valence electrons.